The molecule has 0 bridgehead atoms. The predicted octanol–water partition coefficient (Wildman–Crippen LogP) is 2.69. The lowest BCUT2D eigenvalue weighted by Crippen LogP contribution is -1.95. The summed E-state index contributed by atoms with van der Waals surface area (Å²) in [6.07, 6.45) is 0.785. The van der Waals surface area contributed by atoms with Gasteiger partial charge in [-0.05, 0) is 44.5 Å². The molecule has 13 heavy (non-hydrogen) atoms. The lowest BCUT2D eigenvalue weighted by Gasteiger charge is -2.05. The van der Waals surface area contributed by atoms with E-state index < -0.39 is 0 Å². The second-order valence-corrected chi connectivity index (χ2v) is 2.61. The van der Waals surface area contributed by atoms with Gasteiger partial charge < -0.3 is 9.47 Å². The van der Waals surface area contributed by atoms with Gasteiger partial charge >= 0.3 is 0 Å². The summed E-state index contributed by atoms with van der Waals surface area (Å²) in [5.41, 5.74) is 0. The van der Waals surface area contributed by atoms with E-state index in [-0.39, 0.29) is 0 Å². The zero-order chi connectivity index (χ0) is 9.52. The molecule has 0 spiro atoms. The zero-order valence-corrected chi connectivity index (χ0v) is 7.95. The Balaban J connectivity index is 2.48. The molecule has 0 aromatic heterocycles. The molecule has 0 atom stereocenters. The summed E-state index contributed by atoms with van der Waals surface area (Å²) < 4.78 is 10.7. The van der Waals surface area contributed by atoms with E-state index in [1.807, 2.05) is 31.2 Å². The van der Waals surface area contributed by atoms with E-state index in [2.05, 4.69) is 6.92 Å². The number of rotatable bonds is 5. The van der Waals surface area contributed by atoms with Crippen LogP contribution in [0, 0.1) is 6.92 Å². The van der Waals surface area contributed by atoms with Gasteiger partial charge in [0.15, 0.2) is 0 Å². The van der Waals surface area contributed by atoms with Gasteiger partial charge in [-0.15, -0.1) is 0 Å². The van der Waals surface area contributed by atoms with Gasteiger partial charge in [0.05, 0.1) is 13.2 Å². The van der Waals surface area contributed by atoms with Crippen molar-refractivity contribution < 1.29 is 9.47 Å². The van der Waals surface area contributed by atoms with Crippen LogP contribution < -0.4 is 9.47 Å². The van der Waals surface area contributed by atoms with Crippen molar-refractivity contribution in [1.29, 1.82) is 0 Å². The molecule has 1 aromatic rings. The Hall–Kier alpha value is -1.18. The van der Waals surface area contributed by atoms with Gasteiger partial charge in [-0.3, -0.25) is 0 Å². The second-order valence-electron chi connectivity index (χ2n) is 2.61. The molecule has 1 aromatic carbocycles. The monoisotopic (exact) mass is 179 g/mol. The van der Waals surface area contributed by atoms with Gasteiger partial charge in [0.25, 0.3) is 0 Å². The molecule has 2 nitrogen and oxygen atoms in total. The van der Waals surface area contributed by atoms with Crippen LogP contribution in [0.25, 0.3) is 0 Å². The lowest BCUT2D eigenvalue weighted by molar-refractivity contribution is 0.320. The average Bonchev–Trinajstić information content (AvgIpc) is 2.17. The number of ether oxygens (including phenoxy) is 2. The minimum absolute atomic E-state index is 0.661. The molecular weight excluding hydrogens is 164 g/mol. The first-order chi connectivity index (χ1) is 6.36. The molecule has 1 radical (unpaired) electrons. The maximum absolute atomic E-state index is 5.37. The van der Waals surface area contributed by atoms with Crippen LogP contribution in [0.2, 0.25) is 0 Å². The zero-order valence-electron chi connectivity index (χ0n) is 7.95. The molecule has 71 valence electrons. The Morgan fingerprint density at radius 1 is 1.08 bits per heavy atom. The van der Waals surface area contributed by atoms with Crippen molar-refractivity contribution in [2.45, 2.75) is 13.3 Å². The van der Waals surface area contributed by atoms with Crippen LogP contribution in [-0.2, 0) is 0 Å². The highest BCUT2D eigenvalue weighted by atomic mass is 16.5. The van der Waals surface area contributed by atoms with Crippen LogP contribution in [-0.4, -0.2) is 13.2 Å². The summed E-state index contributed by atoms with van der Waals surface area (Å²) in [6.45, 7) is 7.02. The van der Waals surface area contributed by atoms with Crippen LogP contribution in [0.4, 0.5) is 0 Å². The molecule has 0 saturated carbocycles. The minimum Gasteiger partial charge on any atom is -0.494 e. The maximum atomic E-state index is 5.37. The van der Waals surface area contributed by atoms with Crippen LogP contribution in [0.15, 0.2) is 24.3 Å². The highest BCUT2D eigenvalue weighted by Crippen LogP contribution is 2.17. The fourth-order valence-electron chi connectivity index (χ4n) is 0.989. The van der Waals surface area contributed by atoms with Crippen LogP contribution in [0.3, 0.4) is 0 Å². The van der Waals surface area contributed by atoms with Gasteiger partial charge in [0.1, 0.15) is 11.5 Å². The number of hydrogen-bond acceptors (Lipinski definition) is 2. The first-order valence-electron chi connectivity index (χ1n) is 4.51. The summed E-state index contributed by atoms with van der Waals surface area (Å²) in [7, 11) is 0. The van der Waals surface area contributed by atoms with E-state index in [0.717, 1.165) is 17.9 Å². The van der Waals surface area contributed by atoms with Crippen molar-refractivity contribution in [3.05, 3.63) is 31.2 Å². The first kappa shape index (κ1) is 9.90. The quantitative estimate of drug-likeness (QED) is 0.691. The van der Waals surface area contributed by atoms with Gasteiger partial charge in [0.2, 0.25) is 0 Å². The van der Waals surface area contributed by atoms with Crippen molar-refractivity contribution in [2.24, 2.45) is 0 Å². The Labute approximate surface area is 79.5 Å². The molecule has 0 N–H and O–H groups in total. The van der Waals surface area contributed by atoms with Crippen molar-refractivity contribution in [1.82, 2.24) is 0 Å². The van der Waals surface area contributed by atoms with Crippen molar-refractivity contribution in [3.63, 3.8) is 0 Å². The first-order valence-corrected chi connectivity index (χ1v) is 4.51. The van der Waals surface area contributed by atoms with E-state index in [4.69, 9.17) is 9.47 Å². The summed E-state index contributed by atoms with van der Waals surface area (Å²) in [5.74, 6) is 1.75. The second kappa shape index (κ2) is 5.46. The molecule has 0 aliphatic carbocycles. The van der Waals surface area contributed by atoms with E-state index in [1.54, 1.807) is 0 Å². The van der Waals surface area contributed by atoms with Gasteiger partial charge in [-0.25, -0.2) is 0 Å². The smallest absolute Gasteiger partial charge is 0.119 e. The Bertz CT molecular complexity index is 228. The van der Waals surface area contributed by atoms with Crippen molar-refractivity contribution in [2.75, 3.05) is 13.2 Å². The van der Waals surface area contributed by atoms with Gasteiger partial charge in [0, 0.05) is 0 Å². The molecule has 0 saturated heterocycles. The average molecular weight is 179 g/mol. The summed E-state index contributed by atoms with van der Waals surface area (Å²) >= 11 is 0. The SMILES string of the molecule is [CH2]CCOc1ccc(OCC)cc1. The highest BCUT2D eigenvalue weighted by molar-refractivity contribution is 5.31. The molecule has 0 aliphatic heterocycles. The van der Waals surface area contributed by atoms with Gasteiger partial charge in [-0.2, -0.15) is 0 Å². The van der Waals surface area contributed by atoms with Crippen LogP contribution >= 0.6 is 0 Å². The highest BCUT2D eigenvalue weighted by Gasteiger charge is 1.93. The molecule has 2 heteroatoms. The number of hydrogen-bond donors (Lipinski definition) is 0. The van der Waals surface area contributed by atoms with E-state index in [9.17, 15) is 0 Å². The summed E-state index contributed by atoms with van der Waals surface area (Å²) in [5, 5.41) is 0. The van der Waals surface area contributed by atoms with Crippen LogP contribution in [0.1, 0.15) is 13.3 Å². The molecule has 0 fully saturated rings. The molecule has 0 amide bonds. The fourth-order valence-corrected chi connectivity index (χ4v) is 0.989. The maximum Gasteiger partial charge on any atom is 0.119 e. The van der Waals surface area contributed by atoms with E-state index >= 15 is 0 Å². The van der Waals surface area contributed by atoms with Crippen LogP contribution in [0.5, 0.6) is 11.5 Å². The predicted molar refractivity (Wildman–Crippen MR) is 53.1 cm³/mol. The fraction of sp³-hybridized carbons (Fsp3) is 0.364. The van der Waals surface area contributed by atoms with E-state index in [1.165, 1.54) is 0 Å². The molecule has 0 unspecified atom stereocenters. The van der Waals surface area contributed by atoms with Crippen molar-refractivity contribution >= 4 is 0 Å². The minimum atomic E-state index is 0.661. The number of benzene rings is 1. The third-order valence-electron chi connectivity index (χ3n) is 1.55. The normalized spacial score (nSPS) is 9.69. The van der Waals surface area contributed by atoms with Gasteiger partial charge in [-0.1, -0.05) is 0 Å². The van der Waals surface area contributed by atoms with E-state index in [0.29, 0.717) is 13.2 Å². The van der Waals surface area contributed by atoms with Crippen molar-refractivity contribution in [3.8, 4) is 11.5 Å². The molecular formula is C11H15O2. The lowest BCUT2D eigenvalue weighted by atomic mass is 10.3. The third-order valence-corrected chi connectivity index (χ3v) is 1.55. The summed E-state index contributed by atoms with van der Waals surface area (Å²) in [4.78, 5) is 0. The molecule has 0 heterocycles. The largest absolute Gasteiger partial charge is 0.494 e. The summed E-state index contributed by atoms with van der Waals surface area (Å²) in [6, 6.07) is 7.62. The molecule has 1 rings (SSSR count). The Morgan fingerprint density at radius 2 is 1.62 bits per heavy atom. The Morgan fingerprint density at radius 3 is 2.08 bits per heavy atom. The Kier molecular flexibility index (Phi) is 4.16. The molecule has 0 aliphatic rings. The third kappa shape index (κ3) is 3.36. The standard InChI is InChI=1S/C11H15O2/c1-3-9-13-11-7-5-10(6-8-11)12-4-2/h5-8H,1,3-4,9H2,2H3. The topological polar surface area (TPSA) is 18.5 Å².